The van der Waals surface area contributed by atoms with E-state index in [0.717, 1.165) is 36.4 Å². The Bertz CT molecular complexity index is 372. The molecule has 0 amide bonds. The molecule has 0 aromatic carbocycles. The van der Waals surface area contributed by atoms with E-state index in [9.17, 15) is 4.79 Å². The van der Waals surface area contributed by atoms with Gasteiger partial charge in [-0.1, -0.05) is 6.92 Å². The average Bonchev–Trinajstić information content (AvgIpc) is 2.36. The van der Waals surface area contributed by atoms with Gasteiger partial charge in [0.15, 0.2) is 5.78 Å². The van der Waals surface area contributed by atoms with Gasteiger partial charge >= 0.3 is 0 Å². The molecule has 0 fully saturated rings. The van der Waals surface area contributed by atoms with Crippen LogP contribution in [0, 0.1) is 0 Å². The summed E-state index contributed by atoms with van der Waals surface area (Å²) in [7, 11) is 0. The van der Waals surface area contributed by atoms with E-state index >= 15 is 0 Å². The molecule has 0 spiro atoms. The number of nitrogens with zero attached hydrogens (tertiary/aromatic N) is 1. The zero-order valence-corrected chi connectivity index (χ0v) is 10.6. The molecule has 17 heavy (non-hydrogen) atoms. The molecule has 0 aliphatic carbocycles. The fraction of sp³-hybridized carbons (Fsp3) is 0.692. The molecule has 0 aromatic rings. The predicted molar refractivity (Wildman–Crippen MR) is 67.3 cm³/mol. The molecular weight excluding hydrogens is 216 g/mol. The Morgan fingerprint density at radius 3 is 3.12 bits per heavy atom. The lowest BCUT2D eigenvalue weighted by Gasteiger charge is -2.23. The van der Waals surface area contributed by atoms with Gasteiger partial charge in [-0.15, -0.1) is 0 Å². The fourth-order valence-corrected chi connectivity index (χ4v) is 2.00. The molecular formula is C13H20N2O2. The molecule has 2 aliphatic heterocycles. The third kappa shape index (κ3) is 3.01. The summed E-state index contributed by atoms with van der Waals surface area (Å²) in [6.45, 7) is 6.14. The lowest BCUT2D eigenvalue weighted by Crippen LogP contribution is -2.34. The van der Waals surface area contributed by atoms with Crippen LogP contribution in [-0.4, -0.2) is 37.3 Å². The molecule has 1 N–H and O–H groups in total. The number of carbonyl (C=O) groups is 1. The molecule has 94 valence electrons. The monoisotopic (exact) mass is 236 g/mol. The molecule has 4 heteroatoms. The van der Waals surface area contributed by atoms with Gasteiger partial charge in [-0.25, -0.2) is 0 Å². The first-order chi connectivity index (χ1) is 8.20. The van der Waals surface area contributed by atoms with E-state index in [-0.39, 0.29) is 5.78 Å². The van der Waals surface area contributed by atoms with E-state index in [1.807, 2.05) is 0 Å². The molecule has 0 radical (unpaired) electrons. The Kier molecular flexibility index (Phi) is 4.07. The largest absolute Gasteiger partial charge is 0.376 e. The number of hydrogen-bond acceptors (Lipinski definition) is 4. The van der Waals surface area contributed by atoms with E-state index < -0.39 is 0 Å². The van der Waals surface area contributed by atoms with Crippen LogP contribution in [0.4, 0.5) is 0 Å². The van der Waals surface area contributed by atoms with Gasteiger partial charge < -0.3 is 10.1 Å². The van der Waals surface area contributed by atoms with Crippen molar-refractivity contribution in [2.75, 3.05) is 19.8 Å². The van der Waals surface area contributed by atoms with Crippen LogP contribution in [0.5, 0.6) is 0 Å². The molecule has 4 nitrogen and oxygen atoms in total. The van der Waals surface area contributed by atoms with E-state index in [1.165, 1.54) is 0 Å². The third-order valence-corrected chi connectivity index (χ3v) is 3.34. The molecule has 0 saturated heterocycles. The Morgan fingerprint density at radius 1 is 1.53 bits per heavy atom. The maximum absolute atomic E-state index is 11.9. The highest BCUT2D eigenvalue weighted by Gasteiger charge is 2.25. The normalized spacial score (nSPS) is 22.2. The SMILES string of the molecule is CC[C@H](C)NCC1=NC2=C(COCC2)C(=O)C1. The summed E-state index contributed by atoms with van der Waals surface area (Å²) in [4.78, 5) is 16.5. The van der Waals surface area contributed by atoms with Gasteiger partial charge in [0.2, 0.25) is 0 Å². The Hall–Kier alpha value is -1.00. The number of ketones is 1. The first-order valence-electron chi connectivity index (χ1n) is 6.33. The Morgan fingerprint density at radius 2 is 2.35 bits per heavy atom. The minimum atomic E-state index is 0.190. The Labute approximate surface area is 102 Å². The first kappa shape index (κ1) is 12.5. The summed E-state index contributed by atoms with van der Waals surface area (Å²) in [5.74, 6) is 0.190. The van der Waals surface area contributed by atoms with Crippen LogP contribution in [0.1, 0.15) is 33.1 Å². The summed E-state index contributed by atoms with van der Waals surface area (Å²) < 4.78 is 5.30. The second kappa shape index (κ2) is 5.56. The Balaban J connectivity index is 2.02. The summed E-state index contributed by atoms with van der Waals surface area (Å²) >= 11 is 0. The second-order valence-corrected chi connectivity index (χ2v) is 4.70. The molecule has 0 aromatic heterocycles. The van der Waals surface area contributed by atoms with Crippen molar-refractivity contribution in [1.82, 2.24) is 5.32 Å². The standard InChI is InChI=1S/C13H20N2O2/c1-3-9(2)14-7-10-6-13(16)11-8-17-5-4-12(11)15-10/h9,14H,3-8H2,1-2H3/t9-/m0/s1. The van der Waals surface area contributed by atoms with Gasteiger partial charge in [0.25, 0.3) is 0 Å². The second-order valence-electron chi connectivity index (χ2n) is 4.70. The van der Waals surface area contributed by atoms with Gasteiger partial charge in [-0.2, -0.15) is 0 Å². The molecule has 0 unspecified atom stereocenters. The van der Waals surface area contributed by atoms with Crippen molar-refractivity contribution < 1.29 is 9.53 Å². The van der Waals surface area contributed by atoms with Gasteiger partial charge in [0, 0.05) is 30.3 Å². The zero-order chi connectivity index (χ0) is 12.3. The maximum Gasteiger partial charge on any atom is 0.168 e. The predicted octanol–water partition coefficient (Wildman–Crippen LogP) is 1.46. The van der Waals surface area contributed by atoms with Crippen molar-refractivity contribution in [2.45, 2.75) is 39.2 Å². The third-order valence-electron chi connectivity index (χ3n) is 3.34. The van der Waals surface area contributed by atoms with Gasteiger partial charge in [0.1, 0.15) is 0 Å². The number of nitrogens with one attached hydrogen (secondary N) is 1. The van der Waals surface area contributed by atoms with Crippen molar-refractivity contribution in [1.29, 1.82) is 0 Å². The fourth-order valence-electron chi connectivity index (χ4n) is 2.00. The van der Waals surface area contributed by atoms with Crippen LogP contribution < -0.4 is 5.32 Å². The van der Waals surface area contributed by atoms with Crippen molar-refractivity contribution >= 4 is 11.5 Å². The van der Waals surface area contributed by atoms with Crippen molar-refractivity contribution in [2.24, 2.45) is 4.99 Å². The summed E-state index contributed by atoms with van der Waals surface area (Å²) in [5, 5.41) is 3.38. The molecule has 2 aliphatic rings. The average molecular weight is 236 g/mol. The zero-order valence-electron chi connectivity index (χ0n) is 10.6. The number of carbonyl (C=O) groups excluding carboxylic acids is 1. The number of aliphatic imine (C=N–C) groups is 1. The van der Waals surface area contributed by atoms with Crippen molar-refractivity contribution in [3.63, 3.8) is 0 Å². The summed E-state index contributed by atoms with van der Waals surface area (Å²) in [6, 6.07) is 0.470. The molecule has 2 rings (SSSR count). The van der Waals surface area contributed by atoms with Gasteiger partial charge in [-0.3, -0.25) is 9.79 Å². The smallest absolute Gasteiger partial charge is 0.168 e. The van der Waals surface area contributed by atoms with E-state index in [2.05, 4.69) is 24.2 Å². The van der Waals surface area contributed by atoms with E-state index in [4.69, 9.17) is 4.74 Å². The first-order valence-corrected chi connectivity index (χ1v) is 6.33. The highest BCUT2D eigenvalue weighted by atomic mass is 16.5. The number of Topliss-reactive ketones (excluding diaryl/α,β-unsaturated/α-hetero) is 1. The molecule has 0 saturated carbocycles. The maximum atomic E-state index is 11.9. The minimum absolute atomic E-state index is 0.190. The van der Waals surface area contributed by atoms with Crippen LogP contribution in [-0.2, 0) is 9.53 Å². The molecule has 2 heterocycles. The van der Waals surface area contributed by atoms with Crippen LogP contribution in [0.15, 0.2) is 16.3 Å². The molecule has 0 bridgehead atoms. The van der Waals surface area contributed by atoms with Gasteiger partial charge in [0.05, 0.1) is 25.3 Å². The number of hydrogen-bond donors (Lipinski definition) is 1. The quantitative estimate of drug-likeness (QED) is 0.804. The van der Waals surface area contributed by atoms with E-state index in [1.54, 1.807) is 0 Å². The number of ether oxygens (including phenoxy) is 1. The van der Waals surface area contributed by atoms with E-state index in [0.29, 0.717) is 25.7 Å². The van der Waals surface area contributed by atoms with Crippen molar-refractivity contribution in [3.05, 3.63) is 11.3 Å². The summed E-state index contributed by atoms with van der Waals surface area (Å²) in [5.41, 5.74) is 2.72. The lowest BCUT2D eigenvalue weighted by molar-refractivity contribution is -0.115. The lowest BCUT2D eigenvalue weighted by atomic mass is 9.98. The van der Waals surface area contributed by atoms with Crippen molar-refractivity contribution in [3.8, 4) is 0 Å². The summed E-state index contributed by atoms with van der Waals surface area (Å²) in [6.07, 6.45) is 2.31. The van der Waals surface area contributed by atoms with Crippen LogP contribution in [0.25, 0.3) is 0 Å². The highest BCUT2D eigenvalue weighted by Crippen LogP contribution is 2.23. The topological polar surface area (TPSA) is 50.7 Å². The van der Waals surface area contributed by atoms with Crippen LogP contribution in [0.2, 0.25) is 0 Å². The van der Waals surface area contributed by atoms with Crippen LogP contribution >= 0.6 is 0 Å². The van der Waals surface area contributed by atoms with Gasteiger partial charge in [-0.05, 0) is 13.3 Å². The van der Waals surface area contributed by atoms with Crippen LogP contribution in [0.3, 0.4) is 0 Å². The minimum Gasteiger partial charge on any atom is -0.376 e. The number of rotatable bonds is 4. The highest BCUT2D eigenvalue weighted by molar-refractivity contribution is 6.13. The molecule has 1 atom stereocenters.